The summed E-state index contributed by atoms with van der Waals surface area (Å²) < 4.78 is 28.2. The van der Waals surface area contributed by atoms with Crippen LogP contribution >= 0.6 is 0 Å². The molecule has 0 radical (unpaired) electrons. The molecule has 3 rings (SSSR count). The van der Waals surface area contributed by atoms with Crippen LogP contribution in [0.5, 0.6) is 0 Å². The fourth-order valence-corrected chi connectivity index (χ4v) is 3.95. The van der Waals surface area contributed by atoms with Crippen LogP contribution in [-0.4, -0.2) is 14.3 Å². The maximum atomic E-state index is 12.8. The average Bonchev–Trinajstić information content (AvgIpc) is 2.55. The summed E-state index contributed by atoms with van der Waals surface area (Å²) in [5.41, 5.74) is 1.53. The predicted molar refractivity (Wildman–Crippen MR) is 100 cm³/mol. The Hall–Kier alpha value is -2.86. The largest absolute Gasteiger partial charge is 0.326 e. The minimum atomic E-state index is -3.77. The van der Waals surface area contributed by atoms with E-state index in [2.05, 4.69) is 10.0 Å². The molecule has 0 fully saturated rings. The van der Waals surface area contributed by atoms with Gasteiger partial charge in [-0.15, -0.1) is 0 Å². The molecule has 0 spiro atoms. The van der Waals surface area contributed by atoms with E-state index in [0.29, 0.717) is 16.9 Å². The SMILES string of the molecule is CC(=O)Nc1ccc(C)c(S(=O)(=O)Nc2ccc3ccccc3c2)c1. The number of nitrogens with one attached hydrogen (secondary N) is 2. The van der Waals surface area contributed by atoms with Crippen LogP contribution in [0.3, 0.4) is 0 Å². The quantitative estimate of drug-likeness (QED) is 0.746. The van der Waals surface area contributed by atoms with Gasteiger partial charge in [0.2, 0.25) is 5.91 Å². The first kappa shape index (κ1) is 17.0. The van der Waals surface area contributed by atoms with Gasteiger partial charge in [0, 0.05) is 18.3 Å². The molecule has 0 saturated carbocycles. The van der Waals surface area contributed by atoms with Gasteiger partial charge in [-0.05, 0) is 47.5 Å². The minimum absolute atomic E-state index is 0.131. The lowest BCUT2D eigenvalue weighted by Crippen LogP contribution is -2.15. The molecule has 0 aliphatic heterocycles. The first-order valence-electron chi connectivity index (χ1n) is 7.75. The first-order valence-corrected chi connectivity index (χ1v) is 9.23. The van der Waals surface area contributed by atoms with Crippen molar-refractivity contribution in [1.29, 1.82) is 0 Å². The van der Waals surface area contributed by atoms with Crippen molar-refractivity contribution in [3.63, 3.8) is 0 Å². The summed E-state index contributed by atoms with van der Waals surface area (Å²) in [6.45, 7) is 3.09. The van der Waals surface area contributed by atoms with Gasteiger partial charge >= 0.3 is 0 Å². The molecule has 0 bridgehead atoms. The summed E-state index contributed by atoms with van der Waals surface area (Å²) in [4.78, 5) is 11.3. The smallest absolute Gasteiger partial charge is 0.262 e. The van der Waals surface area contributed by atoms with Crippen molar-refractivity contribution >= 4 is 38.1 Å². The number of rotatable bonds is 4. The lowest BCUT2D eigenvalue weighted by molar-refractivity contribution is -0.114. The van der Waals surface area contributed by atoms with E-state index in [0.717, 1.165) is 10.8 Å². The number of anilines is 2. The van der Waals surface area contributed by atoms with Crippen LogP contribution in [-0.2, 0) is 14.8 Å². The molecule has 3 aromatic carbocycles. The van der Waals surface area contributed by atoms with Crippen molar-refractivity contribution in [2.24, 2.45) is 0 Å². The van der Waals surface area contributed by atoms with E-state index in [-0.39, 0.29) is 10.8 Å². The standard InChI is InChI=1S/C19H18N2O3S/c1-13-7-9-17(20-14(2)22)12-19(13)25(23,24)21-18-10-8-15-5-3-4-6-16(15)11-18/h3-12,21H,1-2H3,(H,20,22). The second-order valence-electron chi connectivity index (χ2n) is 5.83. The zero-order valence-corrected chi connectivity index (χ0v) is 14.7. The molecule has 1 amide bonds. The van der Waals surface area contributed by atoms with Crippen LogP contribution in [0.15, 0.2) is 65.6 Å². The van der Waals surface area contributed by atoms with Crippen LogP contribution in [0, 0.1) is 6.92 Å². The second kappa shape index (κ2) is 6.57. The molecule has 0 saturated heterocycles. The maximum Gasteiger partial charge on any atom is 0.262 e. The Morgan fingerprint density at radius 3 is 2.28 bits per heavy atom. The summed E-state index contributed by atoms with van der Waals surface area (Å²) in [5, 5.41) is 4.59. The van der Waals surface area contributed by atoms with Crippen molar-refractivity contribution in [3.05, 3.63) is 66.2 Å². The van der Waals surface area contributed by atoms with Crippen molar-refractivity contribution in [2.75, 3.05) is 10.0 Å². The average molecular weight is 354 g/mol. The molecule has 0 aliphatic rings. The number of carbonyl (C=O) groups excluding carboxylic acids is 1. The molecule has 25 heavy (non-hydrogen) atoms. The van der Waals surface area contributed by atoms with E-state index >= 15 is 0 Å². The van der Waals surface area contributed by atoms with E-state index in [4.69, 9.17) is 0 Å². The maximum absolute atomic E-state index is 12.8. The number of fused-ring (bicyclic) bond motifs is 1. The molecule has 0 unspecified atom stereocenters. The molecule has 6 heteroatoms. The number of carbonyl (C=O) groups is 1. The van der Waals surface area contributed by atoms with Crippen LogP contribution in [0.4, 0.5) is 11.4 Å². The Bertz CT molecular complexity index is 1060. The van der Waals surface area contributed by atoms with Crippen molar-refractivity contribution in [1.82, 2.24) is 0 Å². The van der Waals surface area contributed by atoms with E-state index in [1.54, 1.807) is 31.2 Å². The topological polar surface area (TPSA) is 75.3 Å². The van der Waals surface area contributed by atoms with Gasteiger partial charge in [-0.3, -0.25) is 9.52 Å². The van der Waals surface area contributed by atoms with Crippen molar-refractivity contribution in [3.8, 4) is 0 Å². The fourth-order valence-electron chi connectivity index (χ4n) is 2.63. The Morgan fingerprint density at radius 2 is 1.56 bits per heavy atom. The Labute approximate surface area is 146 Å². The molecule has 0 atom stereocenters. The molecule has 0 heterocycles. The molecular formula is C19H18N2O3S. The predicted octanol–water partition coefficient (Wildman–Crippen LogP) is 3.91. The van der Waals surface area contributed by atoms with Gasteiger partial charge in [0.25, 0.3) is 10.0 Å². The zero-order chi connectivity index (χ0) is 18.0. The molecule has 0 aliphatic carbocycles. The molecule has 3 aromatic rings. The van der Waals surface area contributed by atoms with Crippen LogP contribution < -0.4 is 10.0 Å². The monoisotopic (exact) mass is 354 g/mol. The Kier molecular flexibility index (Phi) is 4.46. The molecule has 0 aromatic heterocycles. The molecule has 2 N–H and O–H groups in total. The van der Waals surface area contributed by atoms with Gasteiger partial charge in [-0.25, -0.2) is 8.42 Å². The third-order valence-electron chi connectivity index (χ3n) is 3.80. The number of aryl methyl sites for hydroxylation is 1. The fraction of sp³-hybridized carbons (Fsp3) is 0.105. The van der Waals surface area contributed by atoms with Crippen molar-refractivity contribution in [2.45, 2.75) is 18.7 Å². The second-order valence-corrected chi connectivity index (χ2v) is 7.48. The highest BCUT2D eigenvalue weighted by Crippen LogP contribution is 2.25. The highest BCUT2D eigenvalue weighted by molar-refractivity contribution is 7.92. The highest BCUT2D eigenvalue weighted by atomic mass is 32.2. The normalized spacial score (nSPS) is 11.3. The summed E-state index contributed by atoms with van der Waals surface area (Å²) in [6, 6.07) is 17.9. The summed E-state index contributed by atoms with van der Waals surface area (Å²) in [7, 11) is -3.77. The summed E-state index contributed by atoms with van der Waals surface area (Å²) in [6.07, 6.45) is 0. The Balaban J connectivity index is 1.96. The van der Waals surface area contributed by atoms with Gasteiger partial charge in [-0.2, -0.15) is 0 Å². The van der Waals surface area contributed by atoms with E-state index in [1.807, 2.05) is 30.3 Å². The van der Waals surface area contributed by atoms with Gasteiger partial charge in [0.15, 0.2) is 0 Å². The van der Waals surface area contributed by atoms with Gasteiger partial charge in [-0.1, -0.05) is 36.4 Å². The molecular weight excluding hydrogens is 336 g/mol. The van der Waals surface area contributed by atoms with Crippen LogP contribution in [0.1, 0.15) is 12.5 Å². The summed E-state index contributed by atoms with van der Waals surface area (Å²) >= 11 is 0. The van der Waals surface area contributed by atoms with E-state index < -0.39 is 10.0 Å². The molecule has 128 valence electrons. The number of sulfonamides is 1. The van der Waals surface area contributed by atoms with Gasteiger partial charge in [0.05, 0.1) is 4.90 Å². The highest BCUT2D eigenvalue weighted by Gasteiger charge is 2.18. The Morgan fingerprint density at radius 1 is 0.880 bits per heavy atom. The molecule has 5 nitrogen and oxygen atoms in total. The van der Waals surface area contributed by atoms with Crippen LogP contribution in [0.25, 0.3) is 10.8 Å². The van der Waals surface area contributed by atoms with Gasteiger partial charge < -0.3 is 5.32 Å². The van der Waals surface area contributed by atoms with E-state index in [1.165, 1.54) is 13.0 Å². The third kappa shape index (κ3) is 3.80. The van der Waals surface area contributed by atoms with Crippen LogP contribution in [0.2, 0.25) is 0 Å². The van der Waals surface area contributed by atoms with E-state index in [9.17, 15) is 13.2 Å². The number of amides is 1. The zero-order valence-electron chi connectivity index (χ0n) is 13.9. The number of hydrogen-bond donors (Lipinski definition) is 2. The first-order chi connectivity index (χ1) is 11.8. The lowest BCUT2D eigenvalue weighted by atomic mass is 10.1. The third-order valence-corrected chi connectivity index (χ3v) is 5.32. The minimum Gasteiger partial charge on any atom is -0.326 e. The van der Waals surface area contributed by atoms with Crippen molar-refractivity contribution < 1.29 is 13.2 Å². The number of benzene rings is 3. The summed E-state index contributed by atoms with van der Waals surface area (Å²) in [5.74, 6) is -0.255. The lowest BCUT2D eigenvalue weighted by Gasteiger charge is -2.13. The van der Waals surface area contributed by atoms with Gasteiger partial charge in [0.1, 0.15) is 0 Å². The number of hydrogen-bond acceptors (Lipinski definition) is 3.